The Labute approximate surface area is 143 Å². The number of amides is 1. The number of rotatable bonds is 5. The van der Waals surface area contributed by atoms with E-state index in [1.165, 1.54) is 38.5 Å². The number of hydrogen-bond donors (Lipinski definition) is 1. The molecule has 4 aliphatic carbocycles. The van der Waals surface area contributed by atoms with Crippen molar-refractivity contribution in [3.05, 3.63) is 29.7 Å². The smallest absolute Gasteiger partial charge is 0.240 e. The van der Waals surface area contributed by atoms with Crippen molar-refractivity contribution >= 4 is 18.2 Å². The molecule has 1 aromatic rings. The van der Waals surface area contributed by atoms with Gasteiger partial charge in [-0.2, -0.15) is 5.10 Å². The molecule has 0 atom stereocenters. The average Bonchev–Trinajstić information content (AvgIpc) is 2.97. The van der Waals surface area contributed by atoms with E-state index in [0.29, 0.717) is 6.42 Å². The van der Waals surface area contributed by atoms with Crippen LogP contribution in [0.25, 0.3) is 6.08 Å². The van der Waals surface area contributed by atoms with Crippen LogP contribution in [-0.4, -0.2) is 12.1 Å². The first-order valence-corrected chi connectivity index (χ1v) is 9.14. The van der Waals surface area contributed by atoms with E-state index < -0.39 is 0 Å². The quantitative estimate of drug-likeness (QED) is 0.644. The lowest BCUT2D eigenvalue weighted by atomic mass is 9.49. The molecule has 0 aromatic carbocycles. The molecule has 4 heteroatoms. The predicted octanol–water partition coefficient (Wildman–Crippen LogP) is 4.39. The second-order valence-corrected chi connectivity index (χ2v) is 8.29. The van der Waals surface area contributed by atoms with E-state index in [9.17, 15) is 4.79 Å². The highest BCUT2D eigenvalue weighted by Crippen LogP contribution is 2.61. The normalized spacial score (nSPS) is 34.9. The lowest BCUT2D eigenvalue weighted by molar-refractivity contribution is -0.129. The predicted molar refractivity (Wildman–Crippen MR) is 94.2 cm³/mol. The Morgan fingerprint density at radius 2 is 1.96 bits per heavy atom. The van der Waals surface area contributed by atoms with Crippen LogP contribution < -0.4 is 5.43 Å². The van der Waals surface area contributed by atoms with E-state index in [4.69, 9.17) is 4.42 Å². The van der Waals surface area contributed by atoms with Gasteiger partial charge in [0.15, 0.2) is 0 Å². The van der Waals surface area contributed by atoms with Gasteiger partial charge in [-0.3, -0.25) is 4.79 Å². The summed E-state index contributed by atoms with van der Waals surface area (Å²) in [4.78, 5) is 12.4. The number of carbonyl (C=O) groups is 1. The van der Waals surface area contributed by atoms with Crippen LogP contribution in [0.15, 0.2) is 33.5 Å². The molecule has 1 N–H and O–H groups in total. The van der Waals surface area contributed by atoms with Gasteiger partial charge in [-0.25, -0.2) is 5.43 Å². The molecule has 128 valence electrons. The van der Waals surface area contributed by atoms with Gasteiger partial charge in [0.1, 0.15) is 5.76 Å². The number of hydrazone groups is 1. The maximum absolute atomic E-state index is 12.4. The average molecular weight is 326 g/mol. The van der Waals surface area contributed by atoms with Crippen molar-refractivity contribution in [1.82, 2.24) is 5.43 Å². The van der Waals surface area contributed by atoms with Crippen LogP contribution in [-0.2, 0) is 4.79 Å². The molecule has 0 aliphatic heterocycles. The Balaban J connectivity index is 1.32. The van der Waals surface area contributed by atoms with E-state index in [2.05, 4.69) is 10.5 Å². The van der Waals surface area contributed by atoms with Crippen LogP contribution >= 0.6 is 0 Å². The van der Waals surface area contributed by atoms with Gasteiger partial charge in [-0.05, 0) is 92.4 Å². The molecule has 0 spiro atoms. The largest absolute Gasteiger partial charge is 0.465 e. The second kappa shape index (κ2) is 6.23. The molecule has 4 nitrogen and oxygen atoms in total. The fourth-order valence-corrected chi connectivity index (χ4v) is 5.73. The van der Waals surface area contributed by atoms with Gasteiger partial charge in [0.2, 0.25) is 5.91 Å². The molecule has 1 amide bonds. The molecular weight excluding hydrogens is 300 g/mol. The number of furan rings is 1. The maximum atomic E-state index is 12.4. The summed E-state index contributed by atoms with van der Waals surface area (Å²) in [7, 11) is 0. The summed E-state index contributed by atoms with van der Waals surface area (Å²) in [5.74, 6) is 3.50. The third-order valence-electron chi connectivity index (χ3n) is 6.07. The second-order valence-electron chi connectivity index (χ2n) is 8.29. The highest BCUT2D eigenvalue weighted by molar-refractivity contribution is 5.85. The van der Waals surface area contributed by atoms with Crippen molar-refractivity contribution in [2.45, 2.75) is 51.9 Å². The molecule has 5 rings (SSSR count). The molecule has 4 aliphatic rings. The van der Waals surface area contributed by atoms with E-state index in [0.717, 1.165) is 29.1 Å². The lowest BCUT2D eigenvalue weighted by Gasteiger charge is -2.56. The standard InChI is InChI=1S/C20H26N2O2/c1-14(5-18-3-2-4-24-18)13-21-22-19(23)12-20-9-15-6-16(10-20)8-17(7-15)11-20/h2-5,13,15-17H,6-12H2,1H3,(H,22,23)/b14-5-,21-13?. The minimum atomic E-state index is 0.0685. The van der Waals surface area contributed by atoms with Gasteiger partial charge < -0.3 is 4.42 Å². The van der Waals surface area contributed by atoms with Gasteiger partial charge in [-0.15, -0.1) is 0 Å². The molecular formula is C20H26N2O2. The molecule has 0 saturated heterocycles. The van der Waals surface area contributed by atoms with Crippen LogP contribution in [0.3, 0.4) is 0 Å². The monoisotopic (exact) mass is 326 g/mol. The van der Waals surface area contributed by atoms with Crippen molar-refractivity contribution in [3.63, 3.8) is 0 Å². The Morgan fingerprint density at radius 1 is 1.29 bits per heavy atom. The van der Waals surface area contributed by atoms with Gasteiger partial charge in [0.05, 0.1) is 12.5 Å². The van der Waals surface area contributed by atoms with Gasteiger partial charge in [0.25, 0.3) is 0 Å². The number of nitrogens with one attached hydrogen (secondary N) is 1. The number of carbonyl (C=O) groups excluding carboxylic acids is 1. The summed E-state index contributed by atoms with van der Waals surface area (Å²) in [6.07, 6.45) is 13.9. The van der Waals surface area contributed by atoms with Gasteiger partial charge >= 0.3 is 0 Å². The fraction of sp³-hybridized carbons (Fsp3) is 0.600. The molecule has 1 heterocycles. The number of nitrogens with zero attached hydrogens (tertiary/aromatic N) is 1. The summed E-state index contributed by atoms with van der Waals surface area (Å²) in [5, 5.41) is 4.12. The van der Waals surface area contributed by atoms with Crippen LogP contribution in [0.1, 0.15) is 57.6 Å². The summed E-state index contributed by atoms with van der Waals surface area (Å²) < 4.78 is 5.27. The third-order valence-corrected chi connectivity index (χ3v) is 6.07. The molecule has 4 saturated carbocycles. The zero-order valence-corrected chi connectivity index (χ0v) is 14.3. The number of allylic oxidation sites excluding steroid dienone is 1. The van der Waals surface area contributed by atoms with Crippen molar-refractivity contribution < 1.29 is 9.21 Å². The number of hydrogen-bond acceptors (Lipinski definition) is 3. The van der Waals surface area contributed by atoms with Crippen molar-refractivity contribution in [2.75, 3.05) is 0 Å². The van der Waals surface area contributed by atoms with Crippen LogP contribution in [0.5, 0.6) is 0 Å². The zero-order chi connectivity index (χ0) is 16.6. The first kappa shape index (κ1) is 15.7. The highest BCUT2D eigenvalue weighted by Gasteiger charge is 2.51. The maximum Gasteiger partial charge on any atom is 0.240 e. The Kier molecular flexibility index (Phi) is 4.07. The van der Waals surface area contributed by atoms with E-state index in [-0.39, 0.29) is 11.3 Å². The first-order chi connectivity index (χ1) is 11.6. The van der Waals surface area contributed by atoms with Crippen molar-refractivity contribution in [2.24, 2.45) is 28.3 Å². The molecule has 4 bridgehead atoms. The molecule has 4 fully saturated rings. The minimum Gasteiger partial charge on any atom is -0.465 e. The molecule has 0 radical (unpaired) electrons. The summed E-state index contributed by atoms with van der Waals surface area (Å²) in [6, 6.07) is 3.74. The minimum absolute atomic E-state index is 0.0685. The summed E-state index contributed by atoms with van der Waals surface area (Å²) in [5.41, 5.74) is 3.94. The van der Waals surface area contributed by atoms with Crippen LogP contribution in [0.2, 0.25) is 0 Å². The Morgan fingerprint density at radius 3 is 2.54 bits per heavy atom. The Bertz CT molecular complexity index is 622. The Hall–Kier alpha value is -1.84. The summed E-state index contributed by atoms with van der Waals surface area (Å²) >= 11 is 0. The van der Waals surface area contributed by atoms with Gasteiger partial charge in [0, 0.05) is 6.42 Å². The topological polar surface area (TPSA) is 54.6 Å². The summed E-state index contributed by atoms with van der Waals surface area (Å²) in [6.45, 7) is 1.94. The SMILES string of the molecule is C/C(C=NNC(=O)CC12CC3CC(CC(C3)C1)C2)=C/c1ccco1. The molecule has 1 aromatic heterocycles. The fourth-order valence-electron chi connectivity index (χ4n) is 5.73. The van der Waals surface area contributed by atoms with Gasteiger partial charge in [-0.1, -0.05) is 0 Å². The lowest BCUT2D eigenvalue weighted by Crippen LogP contribution is -2.47. The van der Waals surface area contributed by atoms with Crippen molar-refractivity contribution in [1.29, 1.82) is 0 Å². The first-order valence-electron chi connectivity index (χ1n) is 9.14. The molecule has 0 unspecified atom stereocenters. The van der Waals surface area contributed by atoms with E-state index in [1.54, 1.807) is 12.5 Å². The third kappa shape index (κ3) is 3.33. The van der Waals surface area contributed by atoms with E-state index >= 15 is 0 Å². The highest BCUT2D eigenvalue weighted by atomic mass is 16.3. The van der Waals surface area contributed by atoms with E-state index in [1.807, 2.05) is 25.1 Å². The molecule has 24 heavy (non-hydrogen) atoms. The van der Waals surface area contributed by atoms with Crippen molar-refractivity contribution in [3.8, 4) is 0 Å². The zero-order valence-electron chi connectivity index (χ0n) is 14.3. The van der Waals surface area contributed by atoms with Crippen LogP contribution in [0, 0.1) is 23.2 Å². The van der Waals surface area contributed by atoms with Crippen LogP contribution in [0.4, 0.5) is 0 Å².